The van der Waals surface area contributed by atoms with Crippen molar-refractivity contribution in [3.8, 4) is 0 Å². The van der Waals surface area contributed by atoms with Crippen LogP contribution in [0.1, 0.15) is 112 Å². The predicted octanol–water partition coefficient (Wildman–Crippen LogP) is 8.02. The maximum Gasteiger partial charge on any atom is 0.0543 e. The van der Waals surface area contributed by atoms with Gasteiger partial charge in [0.15, 0.2) is 0 Å². The third-order valence-corrected chi connectivity index (χ3v) is 11.3. The Morgan fingerprint density at radius 1 is 0.967 bits per heavy atom. The Morgan fingerprint density at radius 3 is 2.37 bits per heavy atom. The van der Waals surface area contributed by atoms with E-state index in [9.17, 15) is 5.11 Å². The smallest absolute Gasteiger partial charge is 0.0543 e. The monoisotopic (exact) mass is 414 g/mol. The molecule has 172 valence electrons. The lowest BCUT2D eigenvalue weighted by Gasteiger charge is -2.57. The van der Waals surface area contributed by atoms with Gasteiger partial charge in [0.1, 0.15) is 0 Å². The minimum Gasteiger partial charge on any atom is -0.393 e. The third kappa shape index (κ3) is 3.74. The number of hydrogen-bond donors (Lipinski definition) is 1. The van der Waals surface area contributed by atoms with Gasteiger partial charge in [0.25, 0.3) is 0 Å². The Labute approximate surface area is 187 Å². The van der Waals surface area contributed by atoms with Gasteiger partial charge in [0.2, 0.25) is 0 Å². The summed E-state index contributed by atoms with van der Waals surface area (Å²) < 4.78 is 0. The number of hydrogen-bond acceptors (Lipinski definition) is 1. The highest BCUT2D eigenvalue weighted by Crippen LogP contribution is 2.67. The third-order valence-electron chi connectivity index (χ3n) is 11.3. The van der Waals surface area contributed by atoms with Crippen molar-refractivity contribution in [2.75, 3.05) is 0 Å². The summed E-state index contributed by atoms with van der Waals surface area (Å²) in [5.74, 6) is 5.92. The second-order valence-electron chi connectivity index (χ2n) is 12.9. The molecule has 0 heterocycles. The van der Waals surface area contributed by atoms with Crippen molar-refractivity contribution in [2.24, 2.45) is 52.3 Å². The van der Waals surface area contributed by atoms with E-state index in [0.29, 0.717) is 10.8 Å². The summed E-state index contributed by atoms with van der Waals surface area (Å²) >= 11 is 0. The molecule has 4 rings (SSSR count). The molecule has 4 aliphatic rings. The van der Waals surface area contributed by atoms with E-state index in [4.69, 9.17) is 0 Å². The molecular weight excluding hydrogens is 364 g/mol. The molecule has 1 heteroatoms. The minimum absolute atomic E-state index is 0.0404. The van der Waals surface area contributed by atoms with Crippen LogP contribution in [0.4, 0.5) is 0 Å². The van der Waals surface area contributed by atoms with Gasteiger partial charge in [0.05, 0.1) is 6.10 Å². The molecule has 3 fully saturated rings. The van der Waals surface area contributed by atoms with E-state index in [1.54, 1.807) is 0 Å². The summed E-state index contributed by atoms with van der Waals surface area (Å²) in [4.78, 5) is 0. The first-order chi connectivity index (χ1) is 14.2. The molecule has 0 bridgehead atoms. The zero-order valence-electron chi connectivity index (χ0n) is 20.9. The van der Waals surface area contributed by atoms with Crippen LogP contribution in [0.5, 0.6) is 0 Å². The first-order valence-corrected chi connectivity index (χ1v) is 13.6. The van der Waals surface area contributed by atoms with Crippen LogP contribution in [0.25, 0.3) is 0 Å². The topological polar surface area (TPSA) is 20.2 Å². The minimum atomic E-state index is -0.0404. The van der Waals surface area contributed by atoms with Crippen LogP contribution >= 0.6 is 0 Å². The summed E-state index contributed by atoms with van der Waals surface area (Å²) in [7, 11) is 0. The standard InChI is InChI=1S/C29H50O/c1-7-21(19(2)3)9-8-20(4)25-12-13-26-24-11-10-22-18-23(30)14-16-28(22,5)27(24)15-17-29(25,26)6/h11,19-23,25-27,30H,7-10,12-18H2,1-6H3/t20?,21-,22-,23-,25+,26-,27-,28-,29+/m0/s1. The zero-order chi connectivity index (χ0) is 21.7. The first kappa shape index (κ1) is 22.9. The molecule has 1 nitrogen and oxygen atoms in total. The van der Waals surface area contributed by atoms with E-state index in [0.717, 1.165) is 54.3 Å². The SMILES string of the molecule is CC[C@@H](CCC(C)[C@H]1CC[C@H]2C3=CC[C@H]4C[C@@H](O)CC[C@]4(C)[C@H]3CC[C@]12C)C(C)C. The van der Waals surface area contributed by atoms with Gasteiger partial charge in [0, 0.05) is 0 Å². The fourth-order valence-corrected chi connectivity index (χ4v) is 9.15. The molecule has 0 aromatic heterocycles. The molecule has 1 N–H and O–H groups in total. The van der Waals surface area contributed by atoms with E-state index in [1.807, 2.05) is 5.57 Å². The summed E-state index contributed by atoms with van der Waals surface area (Å²) in [5, 5.41) is 10.3. The number of aliphatic hydroxyl groups is 1. The van der Waals surface area contributed by atoms with Crippen molar-refractivity contribution < 1.29 is 5.11 Å². The predicted molar refractivity (Wildman–Crippen MR) is 128 cm³/mol. The maximum atomic E-state index is 10.3. The van der Waals surface area contributed by atoms with Gasteiger partial charge in [-0.05, 0) is 110 Å². The number of fused-ring (bicyclic) bond motifs is 5. The van der Waals surface area contributed by atoms with Crippen molar-refractivity contribution in [2.45, 2.75) is 118 Å². The van der Waals surface area contributed by atoms with Crippen LogP contribution in [0, 0.1) is 52.3 Å². The van der Waals surface area contributed by atoms with Gasteiger partial charge < -0.3 is 5.11 Å². The molecule has 1 unspecified atom stereocenters. The highest BCUT2D eigenvalue weighted by molar-refractivity contribution is 5.27. The van der Waals surface area contributed by atoms with Crippen LogP contribution in [-0.4, -0.2) is 11.2 Å². The number of aliphatic hydroxyl groups excluding tert-OH is 1. The van der Waals surface area contributed by atoms with Gasteiger partial charge in [-0.2, -0.15) is 0 Å². The van der Waals surface area contributed by atoms with Crippen LogP contribution in [-0.2, 0) is 0 Å². The highest BCUT2D eigenvalue weighted by Gasteiger charge is 2.58. The molecule has 0 saturated heterocycles. The Balaban J connectivity index is 1.48. The molecule has 0 amide bonds. The van der Waals surface area contributed by atoms with Gasteiger partial charge >= 0.3 is 0 Å². The Morgan fingerprint density at radius 2 is 1.67 bits per heavy atom. The van der Waals surface area contributed by atoms with E-state index >= 15 is 0 Å². The summed E-state index contributed by atoms with van der Waals surface area (Å²) in [6.07, 6.45) is 17.2. The van der Waals surface area contributed by atoms with Crippen molar-refractivity contribution in [3.05, 3.63) is 11.6 Å². The molecule has 0 aromatic rings. The molecule has 3 saturated carbocycles. The Hall–Kier alpha value is -0.300. The molecule has 0 radical (unpaired) electrons. The van der Waals surface area contributed by atoms with Crippen LogP contribution < -0.4 is 0 Å². The van der Waals surface area contributed by atoms with Gasteiger partial charge in [-0.1, -0.05) is 66.0 Å². The zero-order valence-corrected chi connectivity index (χ0v) is 20.9. The average molecular weight is 415 g/mol. The molecule has 0 aromatic carbocycles. The molecule has 4 aliphatic carbocycles. The van der Waals surface area contributed by atoms with E-state index < -0.39 is 0 Å². The number of allylic oxidation sites excluding steroid dienone is 2. The largest absolute Gasteiger partial charge is 0.393 e. The van der Waals surface area contributed by atoms with E-state index in [2.05, 4.69) is 47.6 Å². The van der Waals surface area contributed by atoms with Crippen LogP contribution in [0.2, 0.25) is 0 Å². The Kier molecular flexibility index (Phi) is 6.53. The molecule has 9 atom stereocenters. The van der Waals surface area contributed by atoms with E-state index in [-0.39, 0.29) is 6.10 Å². The van der Waals surface area contributed by atoms with Crippen molar-refractivity contribution in [1.82, 2.24) is 0 Å². The van der Waals surface area contributed by atoms with Crippen molar-refractivity contribution in [3.63, 3.8) is 0 Å². The molecular formula is C29H50O. The lowest BCUT2D eigenvalue weighted by Crippen LogP contribution is -2.49. The molecule has 0 spiro atoms. The van der Waals surface area contributed by atoms with Crippen molar-refractivity contribution >= 4 is 0 Å². The fourth-order valence-electron chi connectivity index (χ4n) is 9.15. The summed E-state index contributed by atoms with van der Waals surface area (Å²) in [6.45, 7) is 15.1. The van der Waals surface area contributed by atoms with Crippen LogP contribution in [0.3, 0.4) is 0 Å². The van der Waals surface area contributed by atoms with Crippen molar-refractivity contribution in [1.29, 1.82) is 0 Å². The summed E-state index contributed by atoms with van der Waals surface area (Å²) in [6, 6.07) is 0. The van der Waals surface area contributed by atoms with Gasteiger partial charge in [-0.25, -0.2) is 0 Å². The van der Waals surface area contributed by atoms with E-state index in [1.165, 1.54) is 57.8 Å². The van der Waals surface area contributed by atoms with Crippen LogP contribution in [0.15, 0.2) is 11.6 Å². The second kappa shape index (κ2) is 8.57. The lowest BCUT2D eigenvalue weighted by atomic mass is 9.47. The first-order valence-electron chi connectivity index (χ1n) is 13.6. The van der Waals surface area contributed by atoms with Gasteiger partial charge in [-0.3, -0.25) is 0 Å². The van der Waals surface area contributed by atoms with Gasteiger partial charge in [-0.15, -0.1) is 0 Å². The molecule has 0 aliphatic heterocycles. The highest BCUT2D eigenvalue weighted by atomic mass is 16.3. The molecule has 30 heavy (non-hydrogen) atoms. The summed E-state index contributed by atoms with van der Waals surface area (Å²) in [5.41, 5.74) is 2.88. The Bertz CT molecular complexity index is 634. The maximum absolute atomic E-state index is 10.3. The fraction of sp³-hybridized carbons (Fsp3) is 0.931. The average Bonchev–Trinajstić information content (AvgIpc) is 3.06. The normalized spacial score (nSPS) is 45.3. The quantitative estimate of drug-likeness (QED) is 0.436. The lowest BCUT2D eigenvalue weighted by molar-refractivity contribution is -0.0428. The number of rotatable bonds is 6. The second-order valence-corrected chi connectivity index (χ2v) is 12.9.